The van der Waals surface area contributed by atoms with Crippen LogP contribution < -0.4 is 0 Å². The van der Waals surface area contributed by atoms with Crippen molar-refractivity contribution in [3.05, 3.63) is 69.7 Å². The van der Waals surface area contributed by atoms with Crippen molar-refractivity contribution in [1.29, 1.82) is 0 Å². The summed E-state index contributed by atoms with van der Waals surface area (Å²) in [6.45, 7) is 4.26. The molecule has 0 radical (unpaired) electrons. The average molecular weight is 243 g/mol. The Hall–Kier alpha value is -1.53. The maximum absolute atomic E-state index is 5.84. The Labute approximate surface area is 108 Å². The van der Waals surface area contributed by atoms with Gasteiger partial charge >= 0.3 is 0 Å². The van der Waals surface area contributed by atoms with E-state index in [0.717, 1.165) is 10.6 Å². The molecule has 2 aromatic rings. The molecule has 86 valence electrons. The molecule has 0 atom stereocenters. The molecule has 0 fully saturated rings. The highest BCUT2D eigenvalue weighted by molar-refractivity contribution is 6.30. The highest BCUT2D eigenvalue weighted by Crippen LogP contribution is 2.14. The van der Waals surface area contributed by atoms with Crippen LogP contribution in [0.4, 0.5) is 0 Å². The number of halogens is 1. The minimum atomic E-state index is 0.772. The van der Waals surface area contributed by atoms with Crippen LogP contribution in [0.25, 0.3) is 12.2 Å². The van der Waals surface area contributed by atoms with E-state index in [4.69, 9.17) is 11.6 Å². The molecule has 0 spiro atoms. The predicted octanol–water partition coefficient (Wildman–Crippen LogP) is 5.13. The summed E-state index contributed by atoms with van der Waals surface area (Å²) >= 11 is 5.84. The van der Waals surface area contributed by atoms with Crippen molar-refractivity contribution in [2.45, 2.75) is 13.8 Å². The second-order valence-electron chi connectivity index (χ2n) is 4.23. The Morgan fingerprint density at radius 3 is 2.00 bits per heavy atom. The number of hydrogen-bond acceptors (Lipinski definition) is 0. The van der Waals surface area contributed by atoms with Gasteiger partial charge in [-0.3, -0.25) is 0 Å². The molecule has 0 saturated carbocycles. The summed E-state index contributed by atoms with van der Waals surface area (Å²) in [4.78, 5) is 0. The van der Waals surface area contributed by atoms with Gasteiger partial charge in [-0.05, 0) is 48.2 Å². The number of benzene rings is 2. The van der Waals surface area contributed by atoms with E-state index in [-0.39, 0.29) is 0 Å². The lowest BCUT2D eigenvalue weighted by Crippen LogP contribution is -1.81. The fourth-order valence-corrected chi connectivity index (χ4v) is 1.76. The third kappa shape index (κ3) is 3.21. The molecule has 2 aromatic carbocycles. The molecule has 17 heavy (non-hydrogen) atoms. The Morgan fingerprint density at radius 2 is 1.35 bits per heavy atom. The lowest BCUT2D eigenvalue weighted by molar-refractivity contribution is 1.33. The summed E-state index contributed by atoms with van der Waals surface area (Å²) in [5.41, 5.74) is 5.03. The molecule has 2 rings (SSSR count). The van der Waals surface area contributed by atoms with Crippen LogP contribution in [0.2, 0.25) is 5.02 Å². The fraction of sp³-hybridized carbons (Fsp3) is 0.125. The van der Waals surface area contributed by atoms with Crippen LogP contribution in [-0.4, -0.2) is 0 Å². The van der Waals surface area contributed by atoms with Crippen molar-refractivity contribution in [2.75, 3.05) is 0 Å². The van der Waals surface area contributed by atoms with Gasteiger partial charge in [0.15, 0.2) is 0 Å². The van der Waals surface area contributed by atoms with Crippen molar-refractivity contribution in [3.8, 4) is 0 Å². The van der Waals surface area contributed by atoms with Gasteiger partial charge in [-0.2, -0.15) is 0 Å². The quantitative estimate of drug-likeness (QED) is 0.641. The standard InChI is InChI=1S/C16H15Cl/c1-12-3-4-15(11-13(12)2)6-5-14-7-9-16(17)10-8-14/h3-11H,1-2H3/b6-5+. The van der Waals surface area contributed by atoms with Crippen LogP contribution >= 0.6 is 11.6 Å². The maximum atomic E-state index is 5.84. The molecule has 0 unspecified atom stereocenters. The molecule has 0 N–H and O–H groups in total. The molecule has 0 aliphatic heterocycles. The van der Waals surface area contributed by atoms with Crippen molar-refractivity contribution in [3.63, 3.8) is 0 Å². The highest BCUT2D eigenvalue weighted by atomic mass is 35.5. The molecule has 0 aliphatic rings. The second kappa shape index (κ2) is 5.20. The molecule has 0 amide bonds. The maximum Gasteiger partial charge on any atom is 0.0406 e. The van der Waals surface area contributed by atoms with Crippen LogP contribution in [0, 0.1) is 13.8 Å². The van der Waals surface area contributed by atoms with E-state index >= 15 is 0 Å². The molecular weight excluding hydrogens is 228 g/mol. The second-order valence-corrected chi connectivity index (χ2v) is 4.67. The monoisotopic (exact) mass is 242 g/mol. The lowest BCUT2D eigenvalue weighted by Gasteiger charge is -2.01. The van der Waals surface area contributed by atoms with Gasteiger partial charge in [0.2, 0.25) is 0 Å². The first kappa shape index (κ1) is 11.9. The Kier molecular flexibility index (Phi) is 3.65. The van der Waals surface area contributed by atoms with Crippen LogP contribution in [0.5, 0.6) is 0 Å². The SMILES string of the molecule is Cc1ccc(/C=C/c2ccc(Cl)cc2)cc1C. The predicted molar refractivity (Wildman–Crippen MR) is 76.3 cm³/mol. The third-order valence-corrected chi connectivity index (χ3v) is 3.12. The molecule has 0 aliphatic carbocycles. The summed E-state index contributed by atoms with van der Waals surface area (Å²) in [5, 5.41) is 0.772. The van der Waals surface area contributed by atoms with Crippen LogP contribution in [0.1, 0.15) is 22.3 Å². The van der Waals surface area contributed by atoms with E-state index in [0.29, 0.717) is 0 Å². The summed E-state index contributed by atoms with van der Waals surface area (Å²) in [6, 6.07) is 14.3. The molecule has 1 heteroatoms. The average Bonchev–Trinajstić information content (AvgIpc) is 2.33. The Morgan fingerprint density at radius 1 is 0.765 bits per heavy atom. The van der Waals surface area contributed by atoms with Gasteiger partial charge in [-0.1, -0.05) is 54.1 Å². The molecule has 0 heterocycles. The van der Waals surface area contributed by atoms with Gasteiger partial charge in [0, 0.05) is 5.02 Å². The van der Waals surface area contributed by atoms with E-state index in [1.807, 2.05) is 24.3 Å². The zero-order valence-electron chi connectivity index (χ0n) is 10.1. The number of aryl methyl sites for hydroxylation is 2. The zero-order valence-corrected chi connectivity index (χ0v) is 10.8. The summed E-state index contributed by atoms with van der Waals surface area (Å²) < 4.78 is 0. The zero-order chi connectivity index (χ0) is 12.3. The minimum absolute atomic E-state index is 0.772. The Bertz CT molecular complexity index is 536. The summed E-state index contributed by atoms with van der Waals surface area (Å²) in [6.07, 6.45) is 4.22. The first-order chi connectivity index (χ1) is 8.15. The number of hydrogen-bond donors (Lipinski definition) is 0. The van der Waals surface area contributed by atoms with Crippen molar-refractivity contribution in [1.82, 2.24) is 0 Å². The topological polar surface area (TPSA) is 0 Å². The third-order valence-electron chi connectivity index (χ3n) is 2.87. The Balaban J connectivity index is 2.20. The molecule has 0 saturated heterocycles. The summed E-state index contributed by atoms with van der Waals surface area (Å²) in [5.74, 6) is 0. The van der Waals surface area contributed by atoms with Crippen LogP contribution in [0.15, 0.2) is 42.5 Å². The molecule has 0 aromatic heterocycles. The molecule has 0 nitrogen and oxygen atoms in total. The van der Waals surface area contributed by atoms with Gasteiger partial charge in [-0.15, -0.1) is 0 Å². The normalized spacial score (nSPS) is 11.0. The highest BCUT2D eigenvalue weighted by Gasteiger charge is 1.93. The van der Waals surface area contributed by atoms with Crippen LogP contribution in [-0.2, 0) is 0 Å². The van der Waals surface area contributed by atoms with Gasteiger partial charge in [0.05, 0.1) is 0 Å². The van der Waals surface area contributed by atoms with E-state index in [1.54, 1.807) is 0 Å². The molecular formula is C16H15Cl. The van der Waals surface area contributed by atoms with Gasteiger partial charge in [0.1, 0.15) is 0 Å². The largest absolute Gasteiger partial charge is 0.0843 e. The van der Waals surface area contributed by atoms with Crippen molar-refractivity contribution < 1.29 is 0 Å². The van der Waals surface area contributed by atoms with Gasteiger partial charge < -0.3 is 0 Å². The summed E-state index contributed by atoms with van der Waals surface area (Å²) in [7, 11) is 0. The number of rotatable bonds is 2. The van der Waals surface area contributed by atoms with E-state index in [9.17, 15) is 0 Å². The molecule has 0 bridgehead atoms. The minimum Gasteiger partial charge on any atom is -0.0843 e. The first-order valence-electron chi connectivity index (χ1n) is 5.66. The van der Waals surface area contributed by atoms with Crippen LogP contribution in [0.3, 0.4) is 0 Å². The lowest BCUT2D eigenvalue weighted by atomic mass is 10.1. The van der Waals surface area contributed by atoms with E-state index in [1.165, 1.54) is 16.7 Å². The fourth-order valence-electron chi connectivity index (χ4n) is 1.63. The first-order valence-corrected chi connectivity index (χ1v) is 6.04. The van der Waals surface area contributed by atoms with E-state index < -0.39 is 0 Å². The van der Waals surface area contributed by atoms with Gasteiger partial charge in [0.25, 0.3) is 0 Å². The van der Waals surface area contributed by atoms with E-state index in [2.05, 4.69) is 44.2 Å². The van der Waals surface area contributed by atoms with Gasteiger partial charge in [-0.25, -0.2) is 0 Å². The van der Waals surface area contributed by atoms with Crippen molar-refractivity contribution in [2.24, 2.45) is 0 Å². The van der Waals surface area contributed by atoms with Crippen molar-refractivity contribution >= 4 is 23.8 Å². The smallest absolute Gasteiger partial charge is 0.0406 e.